The Morgan fingerprint density at radius 2 is 2.12 bits per heavy atom. The van der Waals surface area contributed by atoms with E-state index in [1.165, 1.54) is 7.11 Å². The fourth-order valence-electron chi connectivity index (χ4n) is 1.58. The first-order valence-corrected chi connectivity index (χ1v) is 5.51. The molecule has 0 aliphatic carbocycles. The summed E-state index contributed by atoms with van der Waals surface area (Å²) in [5.41, 5.74) is 7.98. The van der Waals surface area contributed by atoms with Gasteiger partial charge in [0.1, 0.15) is 11.8 Å². The van der Waals surface area contributed by atoms with Gasteiger partial charge in [0.15, 0.2) is 0 Å². The van der Waals surface area contributed by atoms with Crippen LogP contribution in [-0.4, -0.2) is 18.2 Å². The van der Waals surface area contributed by atoms with Gasteiger partial charge in [-0.3, -0.25) is 4.79 Å². The second-order valence-corrected chi connectivity index (χ2v) is 4.42. The minimum Gasteiger partial charge on any atom is -0.495 e. The van der Waals surface area contributed by atoms with E-state index in [-0.39, 0.29) is 0 Å². The highest BCUT2D eigenvalue weighted by Gasteiger charge is 2.23. The van der Waals surface area contributed by atoms with Gasteiger partial charge < -0.3 is 15.6 Å². The summed E-state index contributed by atoms with van der Waals surface area (Å²) < 4.78 is 5.91. The fraction of sp³-hybridized carbons (Fsp3) is 0.364. The summed E-state index contributed by atoms with van der Waals surface area (Å²) in [6, 6.07) is 0.804. The summed E-state index contributed by atoms with van der Waals surface area (Å²) in [7, 11) is 1.49. The first-order chi connectivity index (χ1) is 7.40. The third kappa shape index (κ3) is 2.20. The van der Waals surface area contributed by atoms with Crippen LogP contribution in [-0.2, 0) is 4.79 Å². The van der Waals surface area contributed by atoms with Gasteiger partial charge in [-0.15, -0.1) is 0 Å². The third-order valence-electron chi connectivity index (χ3n) is 2.58. The predicted octanol–water partition coefficient (Wildman–Crippen LogP) is 2.16. The molecule has 88 valence electrons. The van der Waals surface area contributed by atoms with Crippen LogP contribution in [0.3, 0.4) is 0 Å². The van der Waals surface area contributed by atoms with Crippen molar-refractivity contribution in [3.8, 4) is 5.75 Å². The van der Waals surface area contributed by atoms with Gasteiger partial charge in [-0.25, -0.2) is 0 Å². The van der Waals surface area contributed by atoms with Crippen molar-refractivity contribution >= 4 is 21.9 Å². The molecule has 0 radical (unpaired) electrons. The van der Waals surface area contributed by atoms with E-state index in [1.807, 2.05) is 19.9 Å². The van der Waals surface area contributed by atoms with Crippen molar-refractivity contribution in [1.82, 2.24) is 0 Å². The Hall–Kier alpha value is -1.07. The largest absolute Gasteiger partial charge is 0.495 e. The van der Waals surface area contributed by atoms with E-state index in [4.69, 9.17) is 15.6 Å². The number of carbonyl (C=O) groups is 1. The van der Waals surface area contributed by atoms with E-state index in [2.05, 4.69) is 15.9 Å². The van der Waals surface area contributed by atoms with Crippen LogP contribution in [0.2, 0.25) is 0 Å². The monoisotopic (exact) mass is 287 g/mol. The summed E-state index contributed by atoms with van der Waals surface area (Å²) in [6.07, 6.45) is 0. The molecule has 1 aromatic rings. The molecule has 4 nitrogen and oxygen atoms in total. The molecule has 1 aromatic carbocycles. The van der Waals surface area contributed by atoms with E-state index < -0.39 is 12.0 Å². The zero-order valence-corrected chi connectivity index (χ0v) is 11.0. The molecule has 0 amide bonds. The lowest BCUT2D eigenvalue weighted by molar-refractivity contribution is -0.138. The number of carboxylic acids is 1. The molecule has 1 unspecified atom stereocenters. The highest BCUT2D eigenvalue weighted by atomic mass is 79.9. The van der Waals surface area contributed by atoms with E-state index in [0.717, 1.165) is 11.1 Å². The summed E-state index contributed by atoms with van der Waals surface area (Å²) >= 11 is 3.34. The van der Waals surface area contributed by atoms with Crippen LogP contribution in [0.4, 0.5) is 0 Å². The number of hydrogen-bond donors (Lipinski definition) is 2. The smallest absolute Gasteiger partial charge is 0.325 e. The molecule has 1 rings (SSSR count). The Balaban J connectivity index is 3.50. The quantitative estimate of drug-likeness (QED) is 0.894. The molecule has 0 saturated carbocycles. The molecule has 0 heterocycles. The lowest BCUT2D eigenvalue weighted by Gasteiger charge is -2.18. The van der Waals surface area contributed by atoms with E-state index in [9.17, 15) is 4.79 Å². The number of nitrogens with two attached hydrogens (primary N) is 1. The summed E-state index contributed by atoms with van der Waals surface area (Å²) in [5.74, 6) is -0.586. The minimum atomic E-state index is -1.08. The second kappa shape index (κ2) is 4.84. The number of halogens is 1. The number of aryl methyl sites for hydroxylation is 1. The predicted molar refractivity (Wildman–Crippen MR) is 64.7 cm³/mol. The Bertz CT molecular complexity index is 432. The fourth-order valence-corrected chi connectivity index (χ4v) is 2.30. The van der Waals surface area contributed by atoms with Crippen molar-refractivity contribution in [3.05, 3.63) is 27.2 Å². The second-order valence-electron chi connectivity index (χ2n) is 3.56. The Morgan fingerprint density at radius 1 is 1.56 bits per heavy atom. The van der Waals surface area contributed by atoms with Gasteiger partial charge in [0, 0.05) is 5.56 Å². The maximum absolute atomic E-state index is 10.9. The lowest BCUT2D eigenvalue weighted by atomic mass is 9.97. The molecule has 0 spiro atoms. The molecule has 1 atom stereocenters. The maximum Gasteiger partial charge on any atom is 0.325 e. The number of ether oxygens (including phenoxy) is 1. The van der Waals surface area contributed by atoms with Crippen molar-refractivity contribution in [1.29, 1.82) is 0 Å². The van der Waals surface area contributed by atoms with Crippen LogP contribution in [0.5, 0.6) is 5.75 Å². The number of benzene rings is 1. The Morgan fingerprint density at radius 3 is 2.56 bits per heavy atom. The van der Waals surface area contributed by atoms with Gasteiger partial charge in [0.05, 0.1) is 11.6 Å². The van der Waals surface area contributed by atoms with Gasteiger partial charge in [-0.2, -0.15) is 0 Å². The van der Waals surface area contributed by atoms with Crippen molar-refractivity contribution in [3.63, 3.8) is 0 Å². The number of carboxylic acid groups (broad SMARTS) is 1. The zero-order valence-electron chi connectivity index (χ0n) is 9.37. The van der Waals surface area contributed by atoms with Crippen molar-refractivity contribution in [2.24, 2.45) is 5.73 Å². The average Bonchev–Trinajstić information content (AvgIpc) is 2.21. The highest BCUT2D eigenvalue weighted by molar-refractivity contribution is 9.10. The standard InChI is InChI=1S/C11H14BrNO3/c1-5-4-7(12)10(16-3)8(6(5)2)9(13)11(14)15/h4,9H,13H2,1-3H3,(H,14,15). The number of methoxy groups -OCH3 is 1. The molecule has 0 aliphatic rings. The molecule has 0 aliphatic heterocycles. The van der Waals surface area contributed by atoms with Crippen LogP contribution in [0, 0.1) is 13.8 Å². The summed E-state index contributed by atoms with van der Waals surface area (Å²) in [6.45, 7) is 3.74. The molecule has 0 saturated heterocycles. The first-order valence-electron chi connectivity index (χ1n) is 4.72. The van der Waals surface area contributed by atoms with Crippen LogP contribution >= 0.6 is 15.9 Å². The minimum absolute atomic E-state index is 0.484. The molecule has 0 aromatic heterocycles. The van der Waals surface area contributed by atoms with Gasteiger partial charge in [0.25, 0.3) is 0 Å². The number of aliphatic carboxylic acids is 1. The van der Waals surface area contributed by atoms with Crippen molar-refractivity contribution in [2.75, 3.05) is 7.11 Å². The van der Waals surface area contributed by atoms with E-state index in [0.29, 0.717) is 15.8 Å². The third-order valence-corrected chi connectivity index (χ3v) is 3.17. The van der Waals surface area contributed by atoms with Gasteiger partial charge in [-0.1, -0.05) is 0 Å². The van der Waals surface area contributed by atoms with Gasteiger partial charge in [0.2, 0.25) is 0 Å². The summed E-state index contributed by atoms with van der Waals surface area (Å²) in [4.78, 5) is 10.9. The van der Waals surface area contributed by atoms with Crippen LogP contribution in [0.1, 0.15) is 22.7 Å². The van der Waals surface area contributed by atoms with Gasteiger partial charge in [-0.05, 0) is 47.0 Å². The van der Waals surface area contributed by atoms with Gasteiger partial charge >= 0.3 is 5.97 Å². The molecule has 5 heteroatoms. The van der Waals surface area contributed by atoms with Crippen LogP contribution < -0.4 is 10.5 Å². The van der Waals surface area contributed by atoms with Crippen molar-refractivity contribution in [2.45, 2.75) is 19.9 Å². The highest BCUT2D eigenvalue weighted by Crippen LogP contribution is 2.36. The zero-order chi connectivity index (χ0) is 12.5. The maximum atomic E-state index is 10.9. The Kier molecular flexibility index (Phi) is 3.93. The topological polar surface area (TPSA) is 72.5 Å². The molecule has 0 bridgehead atoms. The average molecular weight is 288 g/mol. The first kappa shape index (κ1) is 13.0. The normalized spacial score (nSPS) is 12.3. The number of hydrogen-bond acceptors (Lipinski definition) is 3. The molecule has 0 fully saturated rings. The van der Waals surface area contributed by atoms with Crippen LogP contribution in [0.25, 0.3) is 0 Å². The SMILES string of the molecule is COc1c(Br)cc(C)c(C)c1C(N)C(=O)O. The summed E-state index contributed by atoms with van der Waals surface area (Å²) in [5, 5.41) is 8.97. The molecule has 16 heavy (non-hydrogen) atoms. The van der Waals surface area contributed by atoms with Crippen molar-refractivity contribution < 1.29 is 14.6 Å². The lowest BCUT2D eigenvalue weighted by Crippen LogP contribution is -2.22. The van der Waals surface area contributed by atoms with Crippen LogP contribution in [0.15, 0.2) is 10.5 Å². The number of rotatable bonds is 3. The van der Waals surface area contributed by atoms with E-state index >= 15 is 0 Å². The Labute approximate surface area is 103 Å². The molecular weight excluding hydrogens is 274 g/mol. The molecular formula is C11H14BrNO3. The van der Waals surface area contributed by atoms with E-state index in [1.54, 1.807) is 0 Å². The molecule has 3 N–H and O–H groups in total.